The topological polar surface area (TPSA) is 87.9 Å². The van der Waals surface area contributed by atoms with E-state index < -0.39 is 0 Å². The number of carbonyl (C=O) groups is 1. The number of nitrogens with zero attached hydrogens (tertiary/aromatic N) is 3. The molecule has 0 aliphatic carbocycles. The number of nitrogens with one attached hydrogen (secondary N) is 1. The molecule has 1 aliphatic heterocycles. The molecule has 122 valence electrons. The average molecular weight is 321 g/mol. The van der Waals surface area contributed by atoms with Crippen molar-refractivity contribution in [3.05, 3.63) is 42.6 Å². The van der Waals surface area contributed by atoms with Gasteiger partial charge in [0.1, 0.15) is 11.5 Å². The van der Waals surface area contributed by atoms with Crippen molar-refractivity contribution in [1.29, 1.82) is 0 Å². The number of aromatic nitrogens is 3. The van der Waals surface area contributed by atoms with Crippen LogP contribution in [0.5, 0.6) is 0 Å². The number of hydrogen-bond acceptors (Lipinski definition) is 4. The van der Waals surface area contributed by atoms with Gasteiger partial charge in [0.05, 0.1) is 11.4 Å². The summed E-state index contributed by atoms with van der Waals surface area (Å²) in [6, 6.07) is 12.0. The third kappa shape index (κ3) is 2.60. The summed E-state index contributed by atoms with van der Waals surface area (Å²) in [6.07, 6.45) is 3.60. The second-order valence-electron chi connectivity index (χ2n) is 6.21. The van der Waals surface area contributed by atoms with Crippen molar-refractivity contribution in [1.82, 2.24) is 15.2 Å². The molecule has 0 spiro atoms. The van der Waals surface area contributed by atoms with E-state index in [0.29, 0.717) is 6.54 Å². The summed E-state index contributed by atoms with van der Waals surface area (Å²) in [7, 11) is 0. The summed E-state index contributed by atoms with van der Waals surface area (Å²) in [5.41, 5.74) is 8.42. The molecule has 1 fully saturated rings. The van der Waals surface area contributed by atoms with Crippen LogP contribution in [0.4, 0.5) is 5.82 Å². The quantitative estimate of drug-likeness (QED) is 0.775. The lowest BCUT2D eigenvalue weighted by atomic mass is 9.97. The molecule has 24 heavy (non-hydrogen) atoms. The fraction of sp³-hybridized carbons (Fsp3) is 0.278. The van der Waals surface area contributed by atoms with E-state index in [0.717, 1.165) is 47.4 Å². The van der Waals surface area contributed by atoms with Crippen molar-refractivity contribution < 1.29 is 4.79 Å². The Hall–Kier alpha value is -2.89. The van der Waals surface area contributed by atoms with Gasteiger partial charge < -0.3 is 10.6 Å². The monoisotopic (exact) mass is 321 g/mol. The van der Waals surface area contributed by atoms with Crippen LogP contribution in [0.25, 0.3) is 22.2 Å². The Labute approximate surface area is 139 Å². The Morgan fingerprint density at radius 3 is 3.04 bits per heavy atom. The van der Waals surface area contributed by atoms with Crippen LogP contribution in [0.3, 0.4) is 0 Å². The maximum Gasteiger partial charge on any atom is 0.222 e. The van der Waals surface area contributed by atoms with Crippen molar-refractivity contribution in [2.24, 2.45) is 11.7 Å². The smallest absolute Gasteiger partial charge is 0.222 e. The second-order valence-corrected chi connectivity index (χ2v) is 6.21. The van der Waals surface area contributed by atoms with Crippen LogP contribution >= 0.6 is 0 Å². The Balaban J connectivity index is 1.68. The Morgan fingerprint density at radius 2 is 2.17 bits per heavy atom. The van der Waals surface area contributed by atoms with E-state index in [1.807, 2.05) is 30.3 Å². The van der Waals surface area contributed by atoms with Crippen LogP contribution in [-0.4, -0.2) is 34.2 Å². The molecule has 1 saturated heterocycles. The number of amides is 1. The number of nitrogens with two attached hydrogens (primary N) is 1. The number of fused-ring (bicyclic) bond motifs is 1. The largest absolute Gasteiger partial charge is 0.369 e. The second kappa shape index (κ2) is 5.96. The Morgan fingerprint density at radius 1 is 1.29 bits per heavy atom. The van der Waals surface area contributed by atoms with Crippen LogP contribution in [0.1, 0.15) is 12.8 Å². The minimum absolute atomic E-state index is 0.101. The summed E-state index contributed by atoms with van der Waals surface area (Å²) >= 11 is 0. The fourth-order valence-corrected chi connectivity index (χ4v) is 3.34. The summed E-state index contributed by atoms with van der Waals surface area (Å²) < 4.78 is 0. The van der Waals surface area contributed by atoms with E-state index in [9.17, 15) is 4.79 Å². The van der Waals surface area contributed by atoms with Crippen molar-refractivity contribution in [3.63, 3.8) is 0 Å². The number of carbonyl (C=O) groups excluding carboxylic acids is 1. The van der Waals surface area contributed by atoms with Gasteiger partial charge in [0, 0.05) is 30.2 Å². The maximum atomic E-state index is 11.5. The van der Waals surface area contributed by atoms with Gasteiger partial charge in [0.15, 0.2) is 0 Å². The predicted octanol–water partition coefficient (Wildman–Crippen LogP) is 2.33. The molecule has 6 nitrogen and oxygen atoms in total. The van der Waals surface area contributed by atoms with E-state index >= 15 is 0 Å². The molecule has 0 saturated carbocycles. The van der Waals surface area contributed by atoms with Crippen molar-refractivity contribution in [3.8, 4) is 11.3 Å². The van der Waals surface area contributed by atoms with Gasteiger partial charge in [0.2, 0.25) is 5.91 Å². The highest BCUT2D eigenvalue weighted by Gasteiger charge is 2.25. The zero-order valence-electron chi connectivity index (χ0n) is 13.3. The van der Waals surface area contributed by atoms with Crippen LogP contribution < -0.4 is 10.6 Å². The van der Waals surface area contributed by atoms with Crippen LogP contribution in [0.15, 0.2) is 42.6 Å². The van der Waals surface area contributed by atoms with E-state index in [2.05, 4.69) is 26.1 Å². The number of pyridine rings is 1. The van der Waals surface area contributed by atoms with Gasteiger partial charge in [0.25, 0.3) is 0 Å². The van der Waals surface area contributed by atoms with Crippen molar-refractivity contribution in [2.45, 2.75) is 12.8 Å². The molecule has 1 atom stereocenters. The number of para-hydroxylation sites is 1. The van der Waals surface area contributed by atoms with E-state index in [1.54, 1.807) is 6.20 Å². The van der Waals surface area contributed by atoms with Gasteiger partial charge in [-0.1, -0.05) is 18.2 Å². The average Bonchev–Trinajstić information content (AvgIpc) is 3.06. The van der Waals surface area contributed by atoms with Crippen molar-refractivity contribution >= 4 is 22.6 Å². The van der Waals surface area contributed by atoms with E-state index in [4.69, 9.17) is 5.73 Å². The number of piperidine rings is 1. The highest BCUT2D eigenvalue weighted by atomic mass is 16.1. The van der Waals surface area contributed by atoms with Crippen LogP contribution in [0.2, 0.25) is 0 Å². The molecule has 3 heterocycles. The van der Waals surface area contributed by atoms with Gasteiger partial charge in [-0.3, -0.25) is 9.89 Å². The molecule has 1 aliphatic rings. The molecule has 2 aromatic heterocycles. The van der Waals surface area contributed by atoms with Gasteiger partial charge in [-0.15, -0.1) is 0 Å². The lowest BCUT2D eigenvalue weighted by molar-refractivity contribution is -0.122. The molecular weight excluding hydrogens is 302 g/mol. The molecule has 3 N–H and O–H groups in total. The highest BCUT2D eigenvalue weighted by molar-refractivity contribution is 5.93. The number of aromatic amines is 1. The van der Waals surface area contributed by atoms with Gasteiger partial charge in [-0.25, -0.2) is 4.98 Å². The first-order chi connectivity index (χ1) is 11.7. The van der Waals surface area contributed by atoms with E-state index in [1.165, 1.54) is 0 Å². The van der Waals surface area contributed by atoms with Gasteiger partial charge >= 0.3 is 0 Å². The minimum atomic E-state index is -0.228. The number of benzene rings is 1. The predicted molar refractivity (Wildman–Crippen MR) is 93.5 cm³/mol. The molecule has 6 heteroatoms. The first-order valence-corrected chi connectivity index (χ1v) is 8.16. The van der Waals surface area contributed by atoms with Crippen LogP contribution in [0, 0.1) is 5.92 Å². The van der Waals surface area contributed by atoms with Crippen molar-refractivity contribution in [2.75, 3.05) is 18.0 Å². The van der Waals surface area contributed by atoms with Gasteiger partial charge in [-0.2, -0.15) is 5.10 Å². The number of primary amides is 1. The third-order valence-electron chi connectivity index (χ3n) is 4.64. The number of anilines is 1. The molecule has 1 aromatic carbocycles. The summed E-state index contributed by atoms with van der Waals surface area (Å²) in [5.74, 6) is 0.537. The molecular formula is C18H19N5O. The minimum Gasteiger partial charge on any atom is -0.369 e. The summed E-state index contributed by atoms with van der Waals surface area (Å²) in [4.78, 5) is 18.1. The van der Waals surface area contributed by atoms with E-state index in [-0.39, 0.29) is 11.8 Å². The van der Waals surface area contributed by atoms with Gasteiger partial charge in [-0.05, 0) is 31.0 Å². The summed E-state index contributed by atoms with van der Waals surface area (Å²) in [6.45, 7) is 1.52. The standard InChI is InChI=1S/C18H19N5O/c19-18(24)13-4-3-9-23(11-13)16-10-12(7-8-20-16)17-14-5-1-2-6-15(14)21-22-17/h1-2,5-8,10,13H,3-4,9,11H2,(H2,19,24)(H,21,22). The number of H-pyrrole nitrogens is 1. The molecule has 1 unspecified atom stereocenters. The molecule has 0 radical (unpaired) electrons. The third-order valence-corrected chi connectivity index (χ3v) is 4.64. The van der Waals surface area contributed by atoms with Crippen LogP contribution in [-0.2, 0) is 4.79 Å². The zero-order chi connectivity index (χ0) is 16.5. The normalized spacial score (nSPS) is 18.0. The maximum absolute atomic E-state index is 11.5. The SMILES string of the molecule is NC(=O)C1CCCN(c2cc(-c3n[nH]c4ccccc34)ccn2)C1. The highest BCUT2D eigenvalue weighted by Crippen LogP contribution is 2.29. The zero-order valence-corrected chi connectivity index (χ0v) is 13.3. The number of hydrogen-bond donors (Lipinski definition) is 2. The molecule has 4 rings (SSSR count). The molecule has 3 aromatic rings. The fourth-order valence-electron chi connectivity index (χ4n) is 3.34. The first-order valence-electron chi connectivity index (χ1n) is 8.16. The lowest BCUT2D eigenvalue weighted by Gasteiger charge is -2.32. The summed E-state index contributed by atoms with van der Waals surface area (Å²) in [5, 5.41) is 8.60. The Kier molecular flexibility index (Phi) is 3.65. The number of rotatable bonds is 3. The Bertz CT molecular complexity index is 888. The molecule has 1 amide bonds. The lowest BCUT2D eigenvalue weighted by Crippen LogP contribution is -2.41. The molecule has 0 bridgehead atoms. The first kappa shape index (κ1) is 14.7.